The van der Waals surface area contributed by atoms with E-state index in [0.717, 1.165) is 3.57 Å². The molecule has 0 aliphatic carbocycles. The minimum atomic E-state index is -0.166. The molecule has 0 unspecified atom stereocenters. The molecule has 29 heavy (non-hydrogen) atoms. The van der Waals surface area contributed by atoms with Crippen LogP contribution in [0.15, 0.2) is 72.8 Å². The van der Waals surface area contributed by atoms with Gasteiger partial charge in [-0.15, -0.1) is 0 Å². The number of benzene rings is 3. The van der Waals surface area contributed by atoms with Crippen molar-refractivity contribution in [2.24, 2.45) is 0 Å². The predicted octanol–water partition coefficient (Wildman–Crippen LogP) is 6.09. The topological polar surface area (TPSA) is 58.2 Å². The van der Waals surface area contributed by atoms with Crippen LogP contribution in [0.1, 0.15) is 47.1 Å². The van der Waals surface area contributed by atoms with Crippen LogP contribution in [0.2, 0.25) is 0 Å². The molecular formula is C24H23IN2O2. The van der Waals surface area contributed by atoms with Gasteiger partial charge in [0.15, 0.2) is 0 Å². The summed E-state index contributed by atoms with van der Waals surface area (Å²) in [6.45, 7) is 6.42. The molecule has 0 radical (unpaired) electrons. The second kappa shape index (κ2) is 8.78. The third-order valence-electron chi connectivity index (χ3n) is 4.53. The summed E-state index contributed by atoms with van der Waals surface area (Å²) in [5.74, 6) is -0.327. The van der Waals surface area contributed by atoms with Gasteiger partial charge in [-0.1, -0.05) is 45.0 Å². The number of nitrogens with one attached hydrogen (secondary N) is 2. The van der Waals surface area contributed by atoms with Crippen LogP contribution in [-0.2, 0) is 5.41 Å². The van der Waals surface area contributed by atoms with E-state index in [4.69, 9.17) is 0 Å². The Bertz CT molecular complexity index is 1020. The highest BCUT2D eigenvalue weighted by atomic mass is 127. The van der Waals surface area contributed by atoms with E-state index in [0.29, 0.717) is 22.5 Å². The quantitative estimate of drug-likeness (QED) is 0.428. The summed E-state index contributed by atoms with van der Waals surface area (Å²) in [5.41, 5.74) is 3.80. The van der Waals surface area contributed by atoms with Crippen molar-refractivity contribution in [1.29, 1.82) is 0 Å². The molecule has 3 rings (SSSR count). The molecule has 148 valence electrons. The van der Waals surface area contributed by atoms with Crippen LogP contribution in [0, 0.1) is 3.57 Å². The van der Waals surface area contributed by atoms with Gasteiger partial charge >= 0.3 is 0 Å². The molecule has 2 N–H and O–H groups in total. The van der Waals surface area contributed by atoms with Crippen LogP contribution < -0.4 is 10.6 Å². The van der Waals surface area contributed by atoms with Crippen molar-refractivity contribution in [1.82, 2.24) is 0 Å². The lowest BCUT2D eigenvalue weighted by Gasteiger charge is -2.19. The monoisotopic (exact) mass is 498 g/mol. The minimum absolute atomic E-state index is 0.0487. The van der Waals surface area contributed by atoms with Crippen LogP contribution in [0.4, 0.5) is 11.4 Å². The average Bonchev–Trinajstić information content (AvgIpc) is 2.69. The lowest BCUT2D eigenvalue weighted by Crippen LogP contribution is -2.15. The fraction of sp³-hybridized carbons (Fsp3) is 0.167. The predicted molar refractivity (Wildman–Crippen MR) is 127 cm³/mol. The first-order chi connectivity index (χ1) is 13.7. The van der Waals surface area contributed by atoms with Gasteiger partial charge < -0.3 is 10.6 Å². The Balaban J connectivity index is 1.64. The molecule has 2 amide bonds. The summed E-state index contributed by atoms with van der Waals surface area (Å²) in [5, 5.41) is 5.76. The molecule has 0 aromatic heterocycles. The van der Waals surface area contributed by atoms with Crippen molar-refractivity contribution in [3.63, 3.8) is 0 Å². The zero-order valence-electron chi connectivity index (χ0n) is 16.6. The molecule has 0 saturated carbocycles. The summed E-state index contributed by atoms with van der Waals surface area (Å²) in [7, 11) is 0. The van der Waals surface area contributed by atoms with Gasteiger partial charge in [0.05, 0.1) is 5.56 Å². The van der Waals surface area contributed by atoms with Crippen molar-refractivity contribution in [2.45, 2.75) is 26.2 Å². The molecule has 0 atom stereocenters. The molecule has 0 bridgehead atoms. The van der Waals surface area contributed by atoms with Crippen LogP contribution in [-0.4, -0.2) is 11.8 Å². The maximum absolute atomic E-state index is 12.5. The third-order valence-corrected chi connectivity index (χ3v) is 5.47. The summed E-state index contributed by atoms with van der Waals surface area (Å²) in [4.78, 5) is 24.9. The molecule has 0 aliphatic heterocycles. The van der Waals surface area contributed by atoms with Gasteiger partial charge in [0, 0.05) is 20.5 Å². The van der Waals surface area contributed by atoms with E-state index in [1.165, 1.54) is 5.56 Å². The Labute approximate surface area is 184 Å². The molecule has 3 aromatic rings. The molecule has 0 heterocycles. The largest absolute Gasteiger partial charge is 0.322 e. The van der Waals surface area contributed by atoms with Gasteiger partial charge in [-0.3, -0.25) is 9.59 Å². The van der Waals surface area contributed by atoms with Crippen LogP contribution in [0.3, 0.4) is 0 Å². The Kier molecular flexibility index (Phi) is 6.37. The smallest absolute Gasteiger partial charge is 0.256 e. The number of amides is 2. The lowest BCUT2D eigenvalue weighted by molar-refractivity contribution is 0.101. The van der Waals surface area contributed by atoms with E-state index in [-0.39, 0.29) is 17.2 Å². The molecule has 0 fully saturated rings. The highest BCUT2D eigenvalue weighted by Gasteiger charge is 2.14. The Morgan fingerprint density at radius 3 is 1.76 bits per heavy atom. The van der Waals surface area contributed by atoms with Crippen molar-refractivity contribution >= 4 is 45.8 Å². The van der Waals surface area contributed by atoms with E-state index in [1.54, 1.807) is 30.3 Å². The summed E-state index contributed by atoms with van der Waals surface area (Å²) in [6, 6.07) is 22.1. The fourth-order valence-corrected chi connectivity index (χ4v) is 3.44. The van der Waals surface area contributed by atoms with Gasteiger partial charge in [-0.05, 0) is 82.1 Å². The zero-order chi connectivity index (χ0) is 21.0. The molecule has 3 aromatic carbocycles. The maximum atomic E-state index is 12.5. The number of rotatable bonds is 4. The van der Waals surface area contributed by atoms with Gasteiger partial charge in [-0.25, -0.2) is 0 Å². The standard InChI is InChI=1S/C24H23IN2O2/c1-24(2,3)17-10-8-16(9-11-17)22(28)26-18-12-14-19(15-13-18)27-23(29)20-6-4-5-7-21(20)25/h4-15H,1-3H3,(H,26,28)(H,27,29). The van der Waals surface area contributed by atoms with Crippen LogP contribution in [0.5, 0.6) is 0 Å². The first-order valence-corrected chi connectivity index (χ1v) is 10.4. The van der Waals surface area contributed by atoms with Crippen molar-refractivity contribution in [3.05, 3.63) is 93.1 Å². The first-order valence-electron chi connectivity index (χ1n) is 9.32. The molecule has 0 spiro atoms. The number of carbonyl (C=O) groups is 2. The molecule has 5 heteroatoms. The van der Waals surface area contributed by atoms with Crippen LogP contribution >= 0.6 is 22.6 Å². The summed E-state index contributed by atoms with van der Waals surface area (Å²) >= 11 is 2.14. The SMILES string of the molecule is CC(C)(C)c1ccc(C(=O)Nc2ccc(NC(=O)c3ccccc3I)cc2)cc1. The van der Waals surface area contributed by atoms with E-state index < -0.39 is 0 Å². The van der Waals surface area contributed by atoms with E-state index in [1.807, 2.05) is 42.5 Å². The molecular weight excluding hydrogens is 475 g/mol. The Morgan fingerprint density at radius 2 is 1.24 bits per heavy atom. The van der Waals surface area contributed by atoms with Gasteiger partial charge in [0.2, 0.25) is 0 Å². The number of halogens is 1. The molecule has 0 saturated heterocycles. The minimum Gasteiger partial charge on any atom is -0.322 e. The van der Waals surface area contributed by atoms with Crippen LogP contribution in [0.25, 0.3) is 0 Å². The first kappa shape index (κ1) is 21.0. The number of anilines is 2. The number of hydrogen-bond acceptors (Lipinski definition) is 2. The van der Waals surface area contributed by atoms with Gasteiger partial charge in [0.25, 0.3) is 11.8 Å². The normalized spacial score (nSPS) is 11.0. The third kappa shape index (κ3) is 5.44. The van der Waals surface area contributed by atoms with Crippen molar-refractivity contribution in [2.75, 3.05) is 10.6 Å². The Hall–Kier alpha value is -2.67. The van der Waals surface area contributed by atoms with E-state index in [9.17, 15) is 9.59 Å². The maximum Gasteiger partial charge on any atom is 0.256 e. The summed E-state index contributed by atoms with van der Waals surface area (Å²) in [6.07, 6.45) is 0. The number of hydrogen-bond donors (Lipinski definition) is 2. The highest BCUT2D eigenvalue weighted by molar-refractivity contribution is 14.1. The zero-order valence-corrected chi connectivity index (χ0v) is 18.8. The second-order valence-electron chi connectivity index (χ2n) is 7.79. The second-order valence-corrected chi connectivity index (χ2v) is 8.95. The van der Waals surface area contributed by atoms with E-state index >= 15 is 0 Å². The highest BCUT2D eigenvalue weighted by Crippen LogP contribution is 2.23. The molecule has 0 aliphatic rings. The average molecular weight is 498 g/mol. The number of carbonyl (C=O) groups excluding carboxylic acids is 2. The lowest BCUT2D eigenvalue weighted by atomic mass is 9.87. The summed E-state index contributed by atoms with van der Waals surface area (Å²) < 4.78 is 0.893. The van der Waals surface area contributed by atoms with Crippen molar-refractivity contribution < 1.29 is 9.59 Å². The van der Waals surface area contributed by atoms with Gasteiger partial charge in [0.1, 0.15) is 0 Å². The molecule has 4 nitrogen and oxygen atoms in total. The fourth-order valence-electron chi connectivity index (χ4n) is 2.81. The van der Waals surface area contributed by atoms with E-state index in [2.05, 4.69) is 54.0 Å². The van der Waals surface area contributed by atoms with Crippen molar-refractivity contribution in [3.8, 4) is 0 Å². The Morgan fingerprint density at radius 1 is 0.724 bits per heavy atom. The van der Waals surface area contributed by atoms with Gasteiger partial charge in [-0.2, -0.15) is 0 Å².